The van der Waals surface area contributed by atoms with Crippen LogP contribution in [0.15, 0.2) is 0 Å². The lowest BCUT2D eigenvalue weighted by Crippen LogP contribution is -2.37. The SMILES string of the molecule is CC(CO)NS(=O)(=O)CCC(C)(C)C. The van der Waals surface area contributed by atoms with Gasteiger partial charge in [-0.2, -0.15) is 0 Å². The third kappa shape index (κ3) is 7.29. The highest BCUT2D eigenvalue weighted by Crippen LogP contribution is 2.18. The molecule has 1 atom stereocenters. The highest BCUT2D eigenvalue weighted by molar-refractivity contribution is 7.89. The van der Waals surface area contributed by atoms with E-state index >= 15 is 0 Å². The molecule has 0 aliphatic rings. The molecule has 1 unspecified atom stereocenters. The van der Waals surface area contributed by atoms with E-state index in [2.05, 4.69) is 4.72 Å². The first-order valence-electron chi connectivity index (χ1n) is 4.77. The van der Waals surface area contributed by atoms with Crippen LogP contribution in [0, 0.1) is 5.41 Å². The zero-order valence-corrected chi connectivity index (χ0v) is 10.2. The monoisotopic (exact) mass is 223 g/mol. The van der Waals surface area contributed by atoms with E-state index in [1.807, 2.05) is 20.8 Å². The zero-order valence-electron chi connectivity index (χ0n) is 9.37. The second kappa shape index (κ2) is 5.09. The molecule has 0 fully saturated rings. The summed E-state index contributed by atoms with van der Waals surface area (Å²) in [6.45, 7) is 7.46. The molecule has 0 bridgehead atoms. The average molecular weight is 223 g/mol. The highest BCUT2D eigenvalue weighted by Gasteiger charge is 2.18. The van der Waals surface area contributed by atoms with E-state index in [4.69, 9.17) is 5.11 Å². The van der Waals surface area contributed by atoms with E-state index in [0.717, 1.165) is 0 Å². The molecule has 2 N–H and O–H groups in total. The Morgan fingerprint density at radius 1 is 1.36 bits per heavy atom. The van der Waals surface area contributed by atoms with Crippen LogP contribution in [-0.4, -0.2) is 31.9 Å². The Bertz CT molecular complexity index is 254. The summed E-state index contributed by atoms with van der Waals surface area (Å²) in [5.74, 6) is 0.112. The number of hydrogen-bond donors (Lipinski definition) is 2. The molecule has 5 heteroatoms. The fraction of sp³-hybridized carbons (Fsp3) is 1.00. The number of aliphatic hydroxyl groups excluding tert-OH is 1. The van der Waals surface area contributed by atoms with Gasteiger partial charge in [0.05, 0.1) is 12.4 Å². The Hall–Kier alpha value is -0.130. The number of nitrogens with one attached hydrogen (secondary N) is 1. The average Bonchev–Trinajstić information content (AvgIpc) is 1.99. The van der Waals surface area contributed by atoms with Crippen molar-refractivity contribution in [3.63, 3.8) is 0 Å². The second-order valence-electron chi connectivity index (χ2n) is 4.83. The van der Waals surface area contributed by atoms with Gasteiger partial charge in [0.25, 0.3) is 0 Å². The molecule has 0 aromatic carbocycles. The molecule has 0 aromatic rings. The Balaban J connectivity index is 4.10. The summed E-state index contributed by atoms with van der Waals surface area (Å²) in [6, 6.07) is -0.403. The lowest BCUT2D eigenvalue weighted by atomic mass is 9.94. The van der Waals surface area contributed by atoms with Gasteiger partial charge >= 0.3 is 0 Å². The van der Waals surface area contributed by atoms with Crippen molar-refractivity contribution in [1.82, 2.24) is 4.72 Å². The minimum absolute atomic E-state index is 0.0111. The topological polar surface area (TPSA) is 66.4 Å². The number of rotatable bonds is 5. The molecule has 0 heterocycles. The molecule has 4 nitrogen and oxygen atoms in total. The molecule has 0 spiro atoms. The minimum atomic E-state index is -3.24. The molecule has 0 saturated carbocycles. The van der Waals surface area contributed by atoms with Gasteiger partial charge < -0.3 is 5.11 Å². The van der Waals surface area contributed by atoms with Crippen LogP contribution in [-0.2, 0) is 10.0 Å². The first-order chi connectivity index (χ1) is 6.16. The van der Waals surface area contributed by atoms with Gasteiger partial charge in [-0.3, -0.25) is 0 Å². The number of aliphatic hydroxyl groups is 1. The molecule has 0 aliphatic heterocycles. The summed E-state index contributed by atoms with van der Waals surface area (Å²) in [7, 11) is -3.24. The van der Waals surface area contributed by atoms with Crippen molar-refractivity contribution < 1.29 is 13.5 Å². The van der Waals surface area contributed by atoms with Crippen molar-refractivity contribution in [2.45, 2.75) is 40.2 Å². The van der Waals surface area contributed by atoms with Crippen LogP contribution in [0.3, 0.4) is 0 Å². The maximum absolute atomic E-state index is 11.4. The zero-order chi connectivity index (χ0) is 11.4. The van der Waals surface area contributed by atoms with Gasteiger partial charge in [-0.15, -0.1) is 0 Å². The lowest BCUT2D eigenvalue weighted by Gasteiger charge is -2.19. The summed E-state index contributed by atoms with van der Waals surface area (Å²) in [4.78, 5) is 0. The van der Waals surface area contributed by atoms with Gasteiger partial charge in [-0.05, 0) is 18.8 Å². The van der Waals surface area contributed by atoms with Crippen LogP contribution in [0.1, 0.15) is 34.1 Å². The smallest absolute Gasteiger partial charge is 0.211 e. The molecule has 0 radical (unpaired) electrons. The van der Waals surface area contributed by atoms with E-state index in [-0.39, 0.29) is 17.8 Å². The van der Waals surface area contributed by atoms with Crippen LogP contribution < -0.4 is 4.72 Å². The molecular weight excluding hydrogens is 202 g/mol. The molecule has 86 valence electrons. The number of hydrogen-bond acceptors (Lipinski definition) is 3. The van der Waals surface area contributed by atoms with E-state index in [9.17, 15) is 8.42 Å². The van der Waals surface area contributed by atoms with Crippen molar-refractivity contribution in [2.75, 3.05) is 12.4 Å². The van der Waals surface area contributed by atoms with Crippen molar-refractivity contribution in [1.29, 1.82) is 0 Å². The first kappa shape index (κ1) is 13.9. The van der Waals surface area contributed by atoms with Gasteiger partial charge in [-0.25, -0.2) is 13.1 Å². The van der Waals surface area contributed by atoms with Crippen LogP contribution in [0.5, 0.6) is 0 Å². The van der Waals surface area contributed by atoms with Gasteiger partial charge in [0.15, 0.2) is 0 Å². The largest absolute Gasteiger partial charge is 0.395 e. The van der Waals surface area contributed by atoms with Crippen molar-refractivity contribution in [3.05, 3.63) is 0 Å². The molecule has 0 rings (SSSR count). The van der Waals surface area contributed by atoms with Crippen molar-refractivity contribution in [3.8, 4) is 0 Å². The molecule has 0 aliphatic carbocycles. The Kier molecular flexibility index (Phi) is 5.05. The van der Waals surface area contributed by atoms with Gasteiger partial charge in [0.2, 0.25) is 10.0 Å². The summed E-state index contributed by atoms with van der Waals surface area (Å²) in [5, 5.41) is 8.70. The summed E-state index contributed by atoms with van der Waals surface area (Å²) in [5.41, 5.74) is 0.0111. The highest BCUT2D eigenvalue weighted by atomic mass is 32.2. The molecular formula is C9H21NO3S. The predicted octanol–water partition coefficient (Wildman–Crippen LogP) is 0.723. The Labute approximate surface area is 86.8 Å². The summed E-state index contributed by atoms with van der Waals surface area (Å²) < 4.78 is 25.2. The third-order valence-corrected chi connectivity index (χ3v) is 3.28. The molecule has 0 aromatic heterocycles. The first-order valence-corrected chi connectivity index (χ1v) is 6.42. The fourth-order valence-corrected chi connectivity index (χ4v) is 2.53. The van der Waals surface area contributed by atoms with Crippen molar-refractivity contribution >= 4 is 10.0 Å². The van der Waals surface area contributed by atoms with Gasteiger partial charge in [0, 0.05) is 6.04 Å². The van der Waals surface area contributed by atoms with Crippen LogP contribution >= 0.6 is 0 Å². The molecule has 14 heavy (non-hydrogen) atoms. The number of sulfonamides is 1. The second-order valence-corrected chi connectivity index (χ2v) is 6.70. The van der Waals surface area contributed by atoms with Gasteiger partial charge in [0.1, 0.15) is 0 Å². The van der Waals surface area contributed by atoms with E-state index in [0.29, 0.717) is 6.42 Å². The van der Waals surface area contributed by atoms with Gasteiger partial charge in [-0.1, -0.05) is 20.8 Å². The standard InChI is InChI=1S/C9H21NO3S/c1-8(7-11)10-14(12,13)6-5-9(2,3)4/h8,10-11H,5-7H2,1-4H3. The maximum atomic E-state index is 11.4. The van der Waals surface area contributed by atoms with E-state index in [1.54, 1.807) is 6.92 Å². The quantitative estimate of drug-likeness (QED) is 0.722. The predicted molar refractivity (Wildman–Crippen MR) is 57.5 cm³/mol. The van der Waals surface area contributed by atoms with E-state index < -0.39 is 16.1 Å². The maximum Gasteiger partial charge on any atom is 0.211 e. The van der Waals surface area contributed by atoms with Crippen LogP contribution in [0.2, 0.25) is 0 Å². The summed E-state index contributed by atoms with van der Waals surface area (Å²) >= 11 is 0. The van der Waals surface area contributed by atoms with Crippen molar-refractivity contribution in [2.24, 2.45) is 5.41 Å². The minimum Gasteiger partial charge on any atom is -0.395 e. The molecule has 0 saturated heterocycles. The third-order valence-electron chi connectivity index (χ3n) is 1.78. The molecule has 0 amide bonds. The normalized spacial score (nSPS) is 15.5. The Morgan fingerprint density at radius 3 is 2.21 bits per heavy atom. The lowest BCUT2D eigenvalue weighted by molar-refractivity contribution is 0.265. The fourth-order valence-electron chi connectivity index (χ4n) is 0.843. The Morgan fingerprint density at radius 2 is 1.86 bits per heavy atom. The van der Waals surface area contributed by atoms with Crippen LogP contribution in [0.4, 0.5) is 0 Å². The van der Waals surface area contributed by atoms with E-state index in [1.165, 1.54) is 0 Å². The van der Waals surface area contributed by atoms with Crippen LogP contribution in [0.25, 0.3) is 0 Å². The summed E-state index contributed by atoms with van der Waals surface area (Å²) in [6.07, 6.45) is 0.612.